The molecule has 0 fully saturated rings. The van der Waals surface area contributed by atoms with E-state index in [1.165, 1.54) is 0 Å². The summed E-state index contributed by atoms with van der Waals surface area (Å²) in [6.07, 6.45) is 1.69. The van der Waals surface area contributed by atoms with Crippen LogP contribution in [-0.2, 0) is 0 Å². The zero-order valence-electron chi connectivity index (χ0n) is 9.69. The number of fused-ring (bicyclic) bond motifs is 1. The van der Waals surface area contributed by atoms with Gasteiger partial charge in [-0.25, -0.2) is 14.8 Å². The van der Waals surface area contributed by atoms with Gasteiger partial charge in [-0.15, -0.1) is 0 Å². The van der Waals surface area contributed by atoms with E-state index in [4.69, 9.17) is 0 Å². The topological polar surface area (TPSA) is 86.5 Å². The molecular formula is C12H11N5O. The molecule has 0 bridgehead atoms. The van der Waals surface area contributed by atoms with E-state index in [-0.39, 0.29) is 5.69 Å². The number of H-pyrrole nitrogens is 2. The molecule has 3 N–H and O–H groups in total. The van der Waals surface area contributed by atoms with Crippen molar-refractivity contribution in [1.82, 2.24) is 19.9 Å². The molecule has 6 nitrogen and oxygen atoms in total. The first kappa shape index (κ1) is 10.5. The highest BCUT2D eigenvalue weighted by Gasteiger charge is 2.04. The van der Waals surface area contributed by atoms with Gasteiger partial charge in [-0.2, -0.15) is 0 Å². The van der Waals surface area contributed by atoms with E-state index in [9.17, 15) is 4.79 Å². The summed E-state index contributed by atoms with van der Waals surface area (Å²) in [6, 6.07) is 7.47. The van der Waals surface area contributed by atoms with Gasteiger partial charge in [-0.1, -0.05) is 6.07 Å². The summed E-state index contributed by atoms with van der Waals surface area (Å²) in [4.78, 5) is 25.0. The molecule has 90 valence electrons. The Hall–Kier alpha value is -2.63. The quantitative estimate of drug-likeness (QED) is 0.632. The fourth-order valence-electron chi connectivity index (χ4n) is 1.83. The standard InChI is InChI=1S/C12H11N5O/c1-13-11-14-5-4-8(15-11)7-2-3-9-10(6-7)17-12(18)16-9/h2-6H,1H3,(H,13,14,15)(H2,16,17,18). The number of hydrogen-bond donors (Lipinski definition) is 3. The van der Waals surface area contributed by atoms with Crippen LogP contribution in [0.5, 0.6) is 0 Å². The van der Waals surface area contributed by atoms with E-state index in [0.29, 0.717) is 5.95 Å². The largest absolute Gasteiger partial charge is 0.357 e. The van der Waals surface area contributed by atoms with Gasteiger partial charge in [0, 0.05) is 18.8 Å². The molecule has 0 atom stereocenters. The van der Waals surface area contributed by atoms with Gasteiger partial charge in [-0.05, 0) is 18.2 Å². The lowest BCUT2D eigenvalue weighted by Crippen LogP contribution is -1.99. The molecule has 3 aromatic rings. The van der Waals surface area contributed by atoms with Crippen LogP contribution in [0.4, 0.5) is 5.95 Å². The lowest BCUT2D eigenvalue weighted by atomic mass is 10.1. The smallest absolute Gasteiger partial charge is 0.323 e. The van der Waals surface area contributed by atoms with Crippen molar-refractivity contribution in [3.63, 3.8) is 0 Å². The predicted octanol–water partition coefficient (Wildman–Crippen LogP) is 1.35. The van der Waals surface area contributed by atoms with Crippen molar-refractivity contribution in [2.24, 2.45) is 0 Å². The number of rotatable bonds is 2. The number of aromatic amines is 2. The number of nitrogens with zero attached hydrogens (tertiary/aromatic N) is 2. The normalized spacial score (nSPS) is 10.7. The number of aromatic nitrogens is 4. The summed E-state index contributed by atoms with van der Waals surface area (Å²) in [5.41, 5.74) is 3.07. The number of anilines is 1. The predicted molar refractivity (Wildman–Crippen MR) is 69.5 cm³/mol. The number of benzene rings is 1. The maximum atomic E-state index is 11.2. The van der Waals surface area contributed by atoms with Gasteiger partial charge in [0.05, 0.1) is 16.7 Å². The van der Waals surface area contributed by atoms with Crippen LogP contribution in [0.1, 0.15) is 0 Å². The van der Waals surface area contributed by atoms with E-state index in [0.717, 1.165) is 22.3 Å². The van der Waals surface area contributed by atoms with Crippen LogP contribution >= 0.6 is 0 Å². The fourth-order valence-corrected chi connectivity index (χ4v) is 1.83. The third kappa shape index (κ3) is 1.73. The van der Waals surface area contributed by atoms with Crippen LogP contribution in [0, 0.1) is 0 Å². The lowest BCUT2D eigenvalue weighted by molar-refractivity contribution is 1.15. The van der Waals surface area contributed by atoms with Gasteiger partial charge < -0.3 is 15.3 Å². The molecule has 1 aromatic carbocycles. The SMILES string of the molecule is CNc1nccc(-c2ccc3[nH]c(=O)[nH]c3c2)n1. The van der Waals surface area contributed by atoms with Gasteiger partial charge in [0.1, 0.15) is 0 Å². The zero-order chi connectivity index (χ0) is 12.5. The Morgan fingerprint density at radius 3 is 2.83 bits per heavy atom. The number of nitrogens with one attached hydrogen (secondary N) is 3. The second-order valence-corrected chi connectivity index (χ2v) is 3.85. The van der Waals surface area contributed by atoms with Crippen LogP contribution in [0.2, 0.25) is 0 Å². The molecule has 0 aliphatic carbocycles. The van der Waals surface area contributed by atoms with E-state index >= 15 is 0 Å². The fraction of sp³-hybridized carbons (Fsp3) is 0.0833. The first-order chi connectivity index (χ1) is 8.76. The second kappa shape index (κ2) is 3.99. The Morgan fingerprint density at radius 2 is 2.00 bits per heavy atom. The highest BCUT2D eigenvalue weighted by molar-refractivity contribution is 5.80. The zero-order valence-corrected chi connectivity index (χ0v) is 9.69. The summed E-state index contributed by atoms with van der Waals surface area (Å²) in [5.74, 6) is 0.565. The van der Waals surface area contributed by atoms with Crippen LogP contribution in [0.15, 0.2) is 35.3 Å². The first-order valence-corrected chi connectivity index (χ1v) is 5.49. The van der Waals surface area contributed by atoms with E-state index in [1.807, 2.05) is 24.3 Å². The van der Waals surface area contributed by atoms with Crippen molar-refractivity contribution in [3.8, 4) is 11.3 Å². The Morgan fingerprint density at radius 1 is 1.17 bits per heavy atom. The molecule has 3 rings (SSSR count). The minimum absolute atomic E-state index is 0.208. The van der Waals surface area contributed by atoms with Crippen molar-refractivity contribution in [1.29, 1.82) is 0 Å². The third-order valence-electron chi connectivity index (χ3n) is 2.69. The summed E-state index contributed by atoms with van der Waals surface area (Å²) in [6.45, 7) is 0. The highest BCUT2D eigenvalue weighted by atomic mass is 16.1. The third-order valence-corrected chi connectivity index (χ3v) is 2.69. The van der Waals surface area contributed by atoms with Crippen LogP contribution in [-0.4, -0.2) is 27.0 Å². The summed E-state index contributed by atoms with van der Waals surface area (Å²) < 4.78 is 0. The molecular weight excluding hydrogens is 230 g/mol. The Balaban J connectivity index is 2.15. The summed E-state index contributed by atoms with van der Waals surface area (Å²) >= 11 is 0. The molecule has 0 saturated heterocycles. The molecule has 0 unspecified atom stereocenters. The highest BCUT2D eigenvalue weighted by Crippen LogP contribution is 2.20. The van der Waals surface area contributed by atoms with Crippen LogP contribution in [0.25, 0.3) is 22.3 Å². The molecule has 2 heterocycles. The summed E-state index contributed by atoms with van der Waals surface area (Å²) in [7, 11) is 1.77. The average Bonchev–Trinajstić information content (AvgIpc) is 2.77. The Kier molecular flexibility index (Phi) is 2.33. The molecule has 2 aromatic heterocycles. The van der Waals surface area contributed by atoms with Crippen molar-refractivity contribution in [2.45, 2.75) is 0 Å². The van der Waals surface area contributed by atoms with Crippen molar-refractivity contribution in [3.05, 3.63) is 40.9 Å². The molecule has 18 heavy (non-hydrogen) atoms. The first-order valence-electron chi connectivity index (χ1n) is 5.49. The van der Waals surface area contributed by atoms with Crippen molar-refractivity contribution in [2.75, 3.05) is 12.4 Å². The number of imidazole rings is 1. The van der Waals surface area contributed by atoms with Gasteiger partial charge in [0.25, 0.3) is 0 Å². The minimum Gasteiger partial charge on any atom is -0.357 e. The van der Waals surface area contributed by atoms with Crippen molar-refractivity contribution < 1.29 is 0 Å². The van der Waals surface area contributed by atoms with Gasteiger partial charge in [0.2, 0.25) is 5.95 Å². The van der Waals surface area contributed by atoms with E-state index in [1.54, 1.807) is 13.2 Å². The second-order valence-electron chi connectivity index (χ2n) is 3.85. The molecule has 0 aliphatic rings. The monoisotopic (exact) mass is 241 g/mol. The van der Waals surface area contributed by atoms with Gasteiger partial charge in [-0.3, -0.25) is 0 Å². The molecule has 0 spiro atoms. The maximum absolute atomic E-state index is 11.2. The molecule has 0 amide bonds. The molecule has 6 heteroatoms. The van der Waals surface area contributed by atoms with Gasteiger partial charge in [0.15, 0.2) is 0 Å². The lowest BCUT2D eigenvalue weighted by Gasteiger charge is -2.03. The molecule has 0 saturated carbocycles. The Bertz CT molecular complexity index is 758. The summed E-state index contributed by atoms with van der Waals surface area (Å²) in [5, 5.41) is 2.89. The van der Waals surface area contributed by atoms with Gasteiger partial charge >= 0.3 is 5.69 Å². The number of hydrogen-bond acceptors (Lipinski definition) is 4. The maximum Gasteiger partial charge on any atom is 0.323 e. The van der Waals surface area contributed by atoms with E-state index < -0.39 is 0 Å². The van der Waals surface area contributed by atoms with Crippen LogP contribution in [0.3, 0.4) is 0 Å². The van der Waals surface area contributed by atoms with Crippen molar-refractivity contribution >= 4 is 17.0 Å². The molecule has 0 radical (unpaired) electrons. The average molecular weight is 241 g/mol. The van der Waals surface area contributed by atoms with Crippen LogP contribution < -0.4 is 11.0 Å². The minimum atomic E-state index is -0.208. The Labute approximate surface area is 102 Å². The molecule has 0 aliphatic heterocycles. The van der Waals surface area contributed by atoms with E-state index in [2.05, 4.69) is 25.3 Å².